The van der Waals surface area contributed by atoms with E-state index < -0.39 is 0 Å². The fraction of sp³-hybridized carbons (Fsp3) is 0.571. The van der Waals surface area contributed by atoms with Gasteiger partial charge in [-0.05, 0) is 43.0 Å². The van der Waals surface area contributed by atoms with Crippen LogP contribution in [-0.4, -0.2) is 42.3 Å². The van der Waals surface area contributed by atoms with Crippen molar-refractivity contribution in [3.8, 4) is 0 Å². The monoisotopic (exact) mass is 373 g/mol. The molecule has 1 fully saturated rings. The first-order chi connectivity index (χ1) is 12.8. The second-order valence-corrected chi connectivity index (χ2v) is 7.93. The van der Waals surface area contributed by atoms with E-state index in [0.29, 0.717) is 49.6 Å². The highest BCUT2D eigenvalue weighted by molar-refractivity contribution is 5.96. The molecule has 2 N–H and O–H groups in total. The van der Waals surface area contributed by atoms with Crippen LogP contribution in [0.15, 0.2) is 24.3 Å². The largest absolute Gasteiger partial charge is 0.356 e. The Hall–Kier alpha value is -2.37. The van der Waals surface area contributed by atoms with Crippen molar-refractivity contribution >= 4 is 23.4 Å². The van der Waals surface area contributed by atoms with E-state index in [9.17, 15) is 14.4 Å². The summed E-state index contributed by atoms with van der Waals surface area (Å²) in [7, 11) is 0. The molecule has 1 aliphatic rings. The van der Waals surface area contributed by atoms with Crippen LogP contribution in [0.1, 0.15) is 50.9 Å². The Balaban J connectivity index is 1.86. The maximum atomic E-state index is 12.7. The van der Waals surface area contributed by atoms with Crippen LogP contribution >= 0.6 is 0 Å². The average molecular weight is 373 g/mol. The molecular formula is C21H31N3O3. The van der Waals surface area contributed by atoms with Gasteiger partial charge in [0.15, 0.2) is 0 Å². The van der Waals surface area contributed by atoms with Crippen LogP contribution in [0, 0.1) is 17.8 Å². The minimum absolute atomic E-state index is 0.0126. The lowest BCUT2D eigenvalue weighted by Crippen LogP contribution is -2.43. The topological polar surface area (TPSA) is 78.5 Å². The van der Waals surface area contributed by atoms with Crippen LogP contribution in [0.3, 0.4) is 0 Å². The number of hydrogen-bond acceptors (Lipinski definition) is 3. The summed E-state index contributed by atoms with van der Waals surface area (Å²) in [4.78, 5) is 38.4. The first-order valence-electron chi connectivity index (χ1n) is 9.75. The van der Waals surface area contributed by atoms with E-state index in [1.807, 2.05) is 13.8 Å². The normalized spacial score (nSPS) is 15.1. The third kappa shape index (κ3) is 6.08. The standard InChI is InChI=1S/C21H31N3O3/c1-14(2)13-22-20(26)16-9-11-24(12-10-16)21(27)17-5-7-18(8-6-17)23-19(25)15(3)4/h5-8,14-16H,9-13H2,1-4H3,(H,22,26)(H,23,25). The van der Waals surface area contributed by atoms with E-state index >= 15 is 0 Å². The first-order valence-corrected chi connectivity index (χ1v) is 9.75. The molecule has 0 radical (unpaired) electrons. The summed E-state index contributed by atoms with van der Waals surface area (Å²) in [6, 6.07) is 6.97. The highest BCUT2D eigenvalue weighted by Crippen LogP contribution is 2.20. The summed E-state index contributed by atoms with van der Waals surface area (Å²) in [6.45, 7) is 9.68. The maximum Gasteiger partial charge on any atom is 0.253 e. The van der Waals surface area contributed by atoms with Crippen LogP contribution in [-0.2, 0) is 9.59 Å². The van der Waals surface area contributed by atoms with Crippen LogP contribution in [0.2, 0.25) is 0 Å². The quantitative estimate of drug-likeness (QED) is 0.805. The van der Waals surface area contributed by atoms with Gasteiger partial charge in [-0.25, -0.2) is 0 Å². The SMILES string of the molecule is CC(C)CNC(=O)C1CCN(C(=O)c2ccc(NC(=O)C(C)C)cc2)CC1. The van der Waals surface area contributed by atoms with E-state index in [0.717, 1.165) is 0 Å². The van der Waals surface area contributed by atoms with Gasteiger partial charge in [0.25, 0.3) is 5.91 Å². The van der Waals surface area contributed by atoms with Gasteiger partial charge in [0.2, 0.25) is 11.8 Å². The number of anilines is 1. The number of hydrogen-bond donors (Lipinski definition) is 2. The molecule has 1 heterocycles. The summed E-state index contributed by atoms with van der Waals surface area (Å²) in [5, 5.41) is 5.80. The van der Waals surface area contributed by atoms with Gasteiger partial charge >= 0.3 is 0 Å². The van der Waals surface area contributed by atoms with Gasteiger partial charge in [-0.2, -0.15) is 0 Å². The third-order valence-corrected chi connectivity index (χ3v) is 4.76. The van der Waals surface area contributed by atoms with E-state index in [2.05, 4.69) is 24.5 Å². The van der Waals surface area contributed by atoms with E-state index in [1.54, 1.807) is 29.2 Å². The molecule has 27 heavy (non-hydrogen) atoms. The van der Waals surface area contributed by atoms with Crippen molar-refractivity contribution in [3.63, 3.8) is 0 Å². The molecule has 0 unspecified atom stereocenters. The van der Waals surface area contributed by atoms with Gasteiger partial charge in [0.05, 0.1) is 0 Å². The van der Waals surface area contributed by atoms with Gasteiger partial charge in [0.1, 0.15) is 0 Å². The fourth-order valence-electron chi connectivity index (χ4n) is 2.96. The van der Waals surface area contributed by atoms with Crippen molar-refractivity contribution in [1.82, 2.24) is 10.2 Å². The Bertz CT molecular complexity index is 660. The number of nitrogens with zero attached hydrogens (tertiary/aromatic N) is 1. The van der Waals surface area contributed by atoms with Gasteiger partial charge in [0, 0.05) is 42.7 Å². The number of carbonyl (C=O) groups excluding carboxylic acids is 3. The summed E-state index contributed by atoms with van der Waals surface area (Å²) >= 11 is 0. The van der Waals surface area contributed by atoms with Gasteiger partial charge in [-0.1, -0.05) is 27.7 Å². The minimum Gasteiger partial charge on any atom is -0.356 e. The molecule has 3 amide bonds. The Morgan fingerprint density at radius 2 is 1.63 bits per heavy atom. The number of benzene rings is 1. The molecule has 2 rings (SSSR count). The van der Waals surface area contributed by atoms with Gasteiger partial charge < -0.3 is 15.5 Å². The Kier molecular flexibility index (Phi) is 7.39. The molecule has 0 aromatic heterocycles. The Morgan fingerprint density at radius 3 is 2.15 bits per heavy atom. The predicted octanol–water partition coefficient (Wildman–Crippen LogP) is 2.91. The zero-order chi connectivity index (χ0) is 20.0. The first kappa shape index (κ1) is 20.9. The van der Waals surface area contributed by atoms with Crippen molar-refractivity contribution in [2.24, 2.45) is 17.8 Å². The summed E-state index contributed by atoms with van der Waals surface area (Å²) in [5.74, 6) is 0.349. The summed E-state index contributed by atoms with van der Waals surface area (Å²) in [6.07, 6.45) is 1.39. The lowest BCUT2D eigenvalue weighted by molar-refractivity contribution is -0.126. The van der Waals surface area contributed by atoms with Crippen molar-refractivity contribution in [2.75, 3.05) is 25.0 Å². The van der Waals surface area contributed by atoms with E-state index in [4.69, 9.17) is 0 Å². The average Bonchev–Trinajstić information content (AvgIpc) is 2.66. The predicted molar refractivity (Wildman–Crippen MR) is 106 cm³/mol. The zero-order valence-corrected chi connectivity index (χ0v) is 16.7. The van der Waals surface area contributed by atoms with Crippen molar-refractivity contribution in [3.05, 3.63) is 29.8 Å². The maximum absolute atomic E-state index is 12.7. The third-order valence-electron chi connectivity index (χ3n) is 4.76. The van der Waals surface area contributed by atoms with Crippen LogP contribution in [0.25, 0.3) is 0 Å². The number of likely N-dealkylation sites (tertiary alicyclic amines) is 1. The fourth-order valence-corrected chi connectivity index (χ4v) is 2.96. The summed E-state index contributed by atoms with van der Waals surface area (Å²) in [5.41, 5.74) is 1.28. The van der Waals surface area contributed by atoms with E-state index in [1.165, 1.54) is 0 Å². The second-order valence-electron chi connectivity index (χ2n) is 7.93. The molecule has 148 valence electrons. The van der Waals surface area contributed by atoms with Crippen LogP contribution in [0.5, 0.6) is 0 Å². The number of piperidine rings is 1. The molecule has 0 atom stereocenters. The second kappa shape index (κ2) is 9.53. The molecular weight excluding hydrogens is 342 g/mol. The zero-order valence-electron chi connectivity index (χ0n) is 16.7. The number of rotatable bonds is 6. The number of amides is 3. The molecule has 6 nitrogen and oxygen atoms in total. The van der Waals surface area contributed by atoms with Crippen molar-refractivity contribution < 1.29 is 14.4 Å². The van der Waals surface area contributed by atoms with Gasteiger partial charge in [-0.15, -0.1) is 0 Å². The lowest BCUT2D eigenvalue weighted by Gasteiger charge is -2.31. The smallest absolute Gasteiger partial charge is 0.253 e. The lowest BCUT2D eigenvalue weighted by atomic mass is 9.95. The molecule has 1 aliphatic heterocycles. The number of carbonyl (C=O) groups is 3. The van der Waals surface area contributed by atoms with Gasteiger partial charge in [-0.3, -0.25) is 14.4 Å². The number of nitrogens with one attached hydrogen (secondary N) is 2. The molecule has 0 bridgehead atoms. The Morgan fingerprint density at radius 1 is 1.04 bits per heavy atom. The van der Waals surface area contributed by atoms with Crippen LogP contribution in [0.4, 0.5) is 5.69 Å². The molecule has 6 heteroatoms. The van der Waals surface area contributed by atoms with Crippen molar-refractivity contribution in [2.45, 2.75) is 40.5 Å². The van der Waals surface area contributed by atoms with Crippen LogP contribution < -0.4 is 10.6 Å². The molecule has 1 aromatic carbocycles. The molecule has 1 aromatic rings. The summed E-state index contributed by atoms with van der Waals surface area (Å²) < 4.78 is 0. The molecule has 0 spiro atoms. The molecule has 1 saturated heterocycles. The minimum atomic E-state index is -0.0923. The highest BCUT2D eigenvalue weighted by atomic mass is 16.2. The molecule has 0 saturated carbocycles. The van der Waals surface area contributed by atoms with Crippen molar-refractivity contribution in [1.29, 1.82) is 0 Å². The van der Waals surface area contributed by atoms with E-state index in [-0.39, 0.29) is 29.6 Å². The Labute approximate surface area is 161 Å². The highest BCUT2D eigenvalue weighted by Gasteiger charge is 2.27. The molecule has 0 aliphatic carbocycles.